The standard InChI is InChI=1S/3C5H5N.2ClH.Cr.2O/c3*1-2-4-6-5-3-1;;;;;/h3*1-5H;2*1H;;;/q;;;;;-1;;/p+1. The van der Waals surface area contributed by atoms with Crippen LogP contribution in [-0.4, -0.2) is 0 Å². The molecule has 125 valence electrons. The molecule has 0 fully saturated rings. The molecule has 0 spiro atoms. The minimum atomic E-state index is -4.31. The van der Waals surface area contributed by atoms with E-state index in [0.29, 0.717) is 0 Å². The molecule has 8 heteroatoms. The third-order valence-electron chi connectivity index (χ3n) is 1.82. The van der Waals surface area contributed by atoms with Crippen LogP contribution in [0.3, 0.4) is 0 Å². The molecular weight excluding hydrogens is 377 g/mol. The maximum Gasteiger partial charge on any atom is 0.166 e. The number of hydrogen-bond donors (Lipinski definition) is 0. The summed E-state index contributed by atoms with van der Waals surface area (Å²) in [6.07, 6.45) is 11.2. The molecule has 0 saturated heterocycles. The minimum absolute atomic E-state index is 1.88. The Balaban J connectivity index is 0.000000282. The molecule has 3 heterocycles. The molecule has 5 nitrogen and oxygen atoms in total. The molecular formula is C15H18Cl2CrN3O2. The van der Waals surface area contributed by atoms with Gasteiger partial charge in [0.05, 0.1) is 0 Å². The molecule has 0 bridgehead atoms. The number of hydrogen-bond acceptors (Lipinski definition) is 2. The van der Waals surface area contributed by atoms with Crippen molar-refractivity contribution in [2.45, 2.75) is 0 Å². The van der Waals surface area contributed by atoms with Gasteiger partial charge in [-0.2, -0.15) is 0 Å². The molecule has 0 aliphatic carbocycles. The predicted octanol–water partition coefficient (Wildman–Crippen LogP) is 2.64. The summed E-state index contributed by atoms with van der Waals surface area (Å²) >= 11 is -4.31. The van der Waals surface area contributed by atoms with Gasteiger partial charge in [0.15, 0.2) is 37.2 Å². The molecule has 0 saturated carbocycles. The van der Waals surface area contributed by atoms with Crippen LogP contribution in [0.5, 0.6) is 0 Å². The van der Waals surface area contributed by atoms with E-state index in [-0.39, 0.29) is 0 Å². The third kappa shape index (κ3) is 25.5. The van der Waals surface area contributed by atoms with Crippen molar-refractivity contribution in [2.75, 3.05) is 0 Å². The average Bonchev–Trinajstić information content (AvgIpc) is 2.59. The van der Waals surface area contributed by atoms with Gasteiger partial charge in [-0.05, 0) is 0 Å². The first kappa shape index (κ1) is 21.2. The fourth-order valence-electron chi connectivity index (χ4n) is 1.03. The van der Waals surface area contributed by atoms with Crippen molar-refractivity contribution in [2.24, 2.45) is 0 Å². The second kappa shape index (κ2) is 15.1. The smallest absolute Gasteiger partial charge is 0.166 e. The molecule has 23 heavy (non-hydrogen) atoms. The maximum absolute atomic E-state index is 9.24. The Bertz CT molecular complexity index is 510. The molecule has 0 amide bonds. The molecule has 3 aromatic heterocycles. The summed E-state index contributed by atoms with van der Waals surface area (Å²) < 4.78 is 18.5. The predicted molar refractivity (Wildman–Crippen MR) is 82.1 cm³/mol. The molecule has 3 N–H and O–H groups in total. The van der Waals surface area contributed by atoms with Crippen molar-refractivity contribution in [1.82, 2.24) is 0 Å². The first-order valence-corrected chi connectivity index (χ1v) is 10.9. The maximum atomic E-state index is 9.24. The Morgan fingerprint density at radius 3 is 0.696 bits per heavy atom. The summed E-state index contributed by atoms with van der Waals surface area (Å²) in [7, 11) is 8.68. The van der Waals surface area contributed by atoms with Gasteiger partial charge in [-0.25, -0.2) is 15.0 Å². The van der Waals surface area contributed by atoms with Gasteiger partial charge in [0, 0.05) is 36.4 Å². The van der Waals surface area contributed by atoms with E-state index in [1.54, 1.807) is 0 Å². The van der Waals surface area contributed by atoms with E-state index < -0.39 is 11.1 Å². The quantitative estimate of drug-likeness (QED) is 0.587. The Morgan fingerprint density at radius 2 is 0.652 bits per heavy atom. The number of rotatable bonds is 0. The number of H-pyrrole nitrogens is 3. The Hall–Kier alpha value is -1.84. The zero-order valence-electron chi connectivity index (χ0n) is 12.1. The summed E-state index contributed by atoms with van der Waals surface area (Å²) in [6, 6.07) is 17.6. The molecule has 3 aromatic rings. The van der Waals surface area contributed by atoms with Gasteiger partial charge in [0.25, 0.3) is 0 Å². The zero-order valence-corrected chi connectivity index (χ0v) is 14.9. The number of halogens is 2. The van der Waals surface area contributed by atoms with E-state index in [0.717, 1.165) is 0 Å². The van der Waals surface area contributed by atoms with E-state index >= 15 is 0 Å². The van der Waals surface area contributed by atoms with Crippen LogP contribution in [0.15, 0.2) is 91.8 Å². The first-order valence-electron chi connectivity index (χ1n) is 6.37. The van der Waals surface area contributed by atoms with E-state index in [2.05, 4.69) is 35.1 Å². The van der Waals surface area contributed by atoms with Crippen LogP contribution in [0, 0.1) is 0 Å². The fraction of sp³-hybridized carbons (Fsp3) is 0. The van der Waals surface area contributed by atoms with Crippen LogP contribution in [0.25, 0.3) is 0 Å². The Kier molecular flexibility index (Phi) is 13.9. The number of aromatic amines is 3. The number of aromatic nitrogens is 3. The molecule has 0 aromatic carbocycles. The Labute approximate surface area is 145 Å². The zero-order chi connectivity index (χ0) is 17.2. The van der Waals surface area contributed by atoms with Gasteiger partial charge in [0.2, 0.25) is 0 Å². The number of pyridine rings is 3. The van der Waals surface area contributed by atoms with Crippen LogP contribution in [0.1, 0.15) is 0 Å². The van der Waals surface area contributed by atoms with Gasteiger partial charge in [0.1, 0.15) is 0 Å². The van der Waals surface area contributed by atoms with Crippen molar-refractivity contribution in [3.63, 3.8) is 0 Å². The van der Waals surface area contributed by atoms with E-state index in [1.807, 2.05) is 91.8 Å². The SMILES string of the molecule is [O]=[Cr-3](=[O])([Cl])[Cl].c1cc[nH+]cc1.c1cc[nH+]cc1.c1cc[nH+]cc1. The summed E-state index contributed by atoms with van der Waals surface area (Å²) in [4.78, 5) is 8.68. The monoisotopic (exact) mass is 394 g/mol. The van der Waals surface area contributed by atoms with Gasteiger partial charge in [-0.15, -0.1) is 0 Å². The van der Waals surface area contributed by atoms with Gasteiger partial charge >= 0.3 is 38.8 Å². The fourth-order valence-corrected chi connectivity index (χ4v) is 1.03. The van der Waals surface area contributed by atoms with Crippen molar-refractivity contribution in [3.8, 4) is 0 Å². The van der Waals surface area contributed by atoms with E-state index in [9.17, 15) is 7.61 Å². The van der Waals surface area contributed by atoms with Crippen LogP contribution in [0.2, 0.25) is 0 Å². The van der Waals surface area contributed by atoms with Gasteiger partial charge < -0.3 is 0 Å². The third-order valence-corrected chi connectivity index (χ3v) is 1.82. The van der Waals surface area contributed by atoms with Crippen LogP contribution < -0.4 is 15.0 Å². The van der Waals surface area contributed by atoms with Crippen molar-refractivity contribution >= 4 is 20.1 Å². The molecule has 0 unspecified atom stereocenters. The average molecular weight is 395 g/mol. The van der Waals surface area contributed by atoms with Crippen LogP contribution >= 0.6 is 20.1 Å². The second-order valence-corrected chi connectivity index (χ2v) is 8.79. The van der Waals surface area contributed by atoms with Crippen molar-refractivity contribution < 1.29 is 33.7 Å². The van der Waals surface area contributed by atoms with E-state index in [4.69, 9.17) is 0 Å². The van der Waals surface area contributed by atoms with Gasteiger partial charge in [-0.3, -0.25) is 0 Å². The molecule has 0 radical (unpaired) electrons. The molecule has 3 rings (SSSR count). The van der Waals surface area contributed by atoms with Crippen LogP contribution in [-0.2, 0) is 18.7 Å². The topological polar surface area (TPSA) is 76.6 Å². The first-order chi connectivity index (χ1) is 11.0. The van der Waals surface area contributed by atoms with E-state index in [1.165, 1.54) is 0 Å². The normalized spacial score (nSPS) is 9.48. The van der Waals surface area contributed by atoms with Gasteiger partial charge in [-0.1, -0.05) is 18.2 Å². The van der Waals surface area contributed by atoms with Crippen molar-refractivity contribution in [3.05, 3.63) is 91.8 Å². The second-order valence-electron chi connectivity index (χ2n) is 3.61. The summed E-state index contributed by atoms with van der Waals surface area (Å²) in [5.74, 6) is 0. The largest absolute Gasteiger partial charge is 0.218 e. The molecule has 0 aliphatic rings. The van der Waals surface area contributed by atoms with Crippen molar-refractivity contribution in [1.29, 1.82) is 0 Å². The summed E-state index contributed by atoms with van der Waals surface area (Å²) in [5.41, 5.74) is 0. The van der Waals surface area contributed by atoms with Crippen LogP contribution in [0.4, 0.5) is 0 Å². The number of nitrogens with one attached hydrogen (secondary N) is 3. The summed E-state index contributed by atoms with van der Waals surface area (Å²) in [5, 5.41) is 0. The summed E-state index contributed by atoms with van der Waals surface area (Å²) in [6.45, 7) is 0. The minimum Gasteiger partial charge on any atom is -0.218 e. The molecule has 0 atom stereocenters. The Morgan fingerprint density at radius 1 is 0.478 bits per heavy atom. The molecule has 0 aliphatic heterocycles.